The zero-order valence-electron chi connectivity index (χ0n) is 9.26. The van der Waals surface area contributed by atoms with Crippen molar-refractivity contribution in [3.05, 3.63) is 0 Å². The summed E-state index contributed by atoms with van der Waals surface area (Å²) in [6.45, 7) is 4.92. The van der Waals surface area contributed by atoms with Gasteiger partial charge in [0.25, 0.3) is 0 Å². The van der Waals surface area contributed by atoms with E-state index in [1.807, 2.05) is 0 Å². The second-order valence-corrected chi connectivity index (χ2v) is 5.71. The molecule has 0 spiro atoms. The first-order chi connectivity index (χ1) is 6.25. The Kier molecular flexibility index (Phi) is 2.96. The predicted octanol–water partition coefficient (Wildman–Crippen LogP) is 4.25. The lowest BCUT2D eigenvalue weighted by molar-refractivity contribution is 0.165. The zero-order valence-corrected chi connectivity index (χ0v) is 9.26. The van der Waals surface area contributed by atoms with Crippen LogP contribution in [-0.2, 0) is 0 Å². The van der Waals surface area contributed by atoms with Crippen molar-refractivity contribution in [2.75, 3.05) is 0 Å². The molecule has 0 nitrogen and oxygen atoms in total. The fourth-order valence-corrected chi connectivity index (χ4v) is 3.23. The second-order valence-electron chi connectivity index (χ2n) is 5.71. The summed E-state index contributed by atoms with van der Waals surface area (Å²) >= 11 is 0. The highest BCUT2D eigenvalue weighted by Crippen LogP contribution is 2.42. The Morgan fingerprint density at radius 3 is 1.62 bits per heavy atom. The maximum Gasteiger partial charge on any atom is -0.0381 e. The third kappa shape index (κ3) is 2.27. The average Bonchev–Trinajstić information content (AvgIpc) is 2.10. The predicted molar refractivity (Wildman–Crippen MR) is 57.6 cm³/mol. The first-order valence-electron chi connectivity index (χ1n) is 6.25. The average molecular weight is 180 g/mol. The molecule has 2 fully saturated rings. The van der Waals surface area contributed by atoms with Gasteiger partial charge in [0.05, 0.1) is 0 Å². The molecule has 0 N–H and O–H groups in total. The van der Waals surface area contributed by atoms with E-state index in [0.29, 0.717) is 0 Å². The van der Waals surface area contributed by atoms with E-state index in [1.54, 1.807) is 12.8 Å². The topological polar surface area (TPSA) is 0 Å². The summed E-state index contributed by atoms with van der Waals surface area (Å²) in [5.41, 5.74) is 0. The molecule has 76 valence electrons. The lowest BCUT2D eigenvalue weighted by atomic mass is 9.71. The van der Waals surface area contributed by atoms with Gasteiger partial charge in [0.2, 0.25) is 0 Å². The van der Waals surface area contributed by atoms with Crippen LogP contribution in [0.1, 0.15) is 58.8 Å². The highest BCUT2D eigenvalue weighted by Gasteiger charge is 2.31. The standard InChI is InChI=1S/C13H24/c1-10-6-7-11(2)9-13(8-10)12-4-3-5-12/h10-13H,3-9H2,1-2H3. The first kappa shape index (κ1) is 9.55. The molecule has 0 aliphatic heterocycles. The van der Waals surface area contributed by atoms with E-state index in [0.717, 1.165) is 23.7 Å². The minimum atomic E-state index is 1.01. The van der Waals surface area contributed by atoms with E-state index in [9.17, 15) is 0 Å². The summed E-state index contributed by atoms with van der Waals surface area (Å²) in [7, 11) is 0. The minimum Gasteiger partial charge on any atom is -0.0625 e. The fourth-order valence-electron chi connectivity index (χ4n) is 3.23. The van der Waals surface area contributed by atoms with Gasteiger partial charge in [-0.1, -0.05) is 46.0 Å². The van der Waals surface area contributed by atoms with Crippen molar-refractivity contribution >= 4 is 0 Å². The van der Waals surface area contributed by atoms with Gasteiger partial charge >= 0.3 is 0 Å². The van der Waals surface area contributed by atoms with Crippen LogP contribution in [-0.4, -0.2) is 0 Å². The Hall–Kier alpha value is 0. The zero-order chi connectivity index (χ0) is 9.26. The fraction of sp³-hybridized carbons (Fsp3) is 1.00. The Morgan fingerprint density at radius 1 is 0.692 bits per heavy atom. The Labute approximate surface area is 83.1 Å². The third-order valence-corrected chi connectivity index (χ3v) is 4.38. The van der Waals surface area contributed by atoms with Crippen LogP contribution in [0, 0.1) is 23.7 Å². The molecule has 2 saturated carbocycles. The van der Waals surface area contributed by atoms with Gasteiger partial charge in [0.15, 0.2) is 0 Å². The van der Waals surface area contributed by atoms with Crippen molar-refractivity contribution in [1.82, 2.24) is 0 Å². The van der Waals surface area contributed by atoms with Gasteiger partial charge in [-0.15, -0.1) is 0 Å². The van der Waals surface area contributed by atoms with Gasteiger partial charge in [-0.05, 0) is 36.5 Å². The molecule has 0 heterocycles. The molecule has 0 aromatic carbocycles. The van der Waals surface area contributed by atoms with Crippen molar-refractivity contribution in [2.45, 2.75) is 58.8 Å². The normalized spacial score (nSPS) is 42.5. The molecule has 2 unspecified atom stereocenters. The van der Waals surface area contributed by atoms with Crippen molar-refractivity contribution < 1.29 is 0 Å². The van der Waals surface area contributed by atoms with Gasteiger partial charge in [0, 0.05) is 0 Å². The number of rotatable bonds is 1. The molecule has 0 radical (unpaired) electrons. The maximum absolute atomic E-state index is 2.46. The van der Waals surface area contributed by atoms with Crippen LogP contribution in [0.25, 0.3) is 0 Å². The van der Waals surface area contributed by atoms with E-state index in [1.165, 1.54) is 32.1 Å². The van der Waals surface area contributed by atoms with Crippen LogP contribution >= 0.6 is 0 Å². The molecule has 2 aliphatic carbocycles. The largest absolute Gasteiger partial charge is 0.0625 e. The molecule has 0 saturated heterocycles. The molecule has 13 heavy (non-hydrogen) atoms. The highest BCUT2D eigenvalue weighted by molar-refractivity contribution is 4.82. The van der Waals surface area contributed by atoms with E-state index in [-0.39, 0.29) is 0 Å². The van der Waals surface area contributed by atoms with E-state index in [4.69, 9.17) is 0 Å². The summed E-state index contributed by atoms with van der Waals surface area (Å²) in [6, 6.07) is 0. The lowest BCUT2D eigenvalue weighted by Crippen LogP contribution is -2.23. The highest BCUT2D eigenvalue weighted by atomic mass is 14.4. The Balaban J connectivity index is 1.91. The molecular formula is C13H24. The molecule has 0 aromatic rings. The minimum absolute atomic E-state index is 1.01. The summed E-state index contributed by atoms with van der Waals surface area (Å²) in [4.78, 5) is 0. The molecule has 2 rings (SSSR count). The van der Waals surface area contributed by atoms with Gasteiger partial charge in [0.1, 0.15) is 0 Å². The first-order valence-corrected chi connectivity index (χ1v) is 6.25. The van der Waals surface area contributed by atoms with Crippen molar-refractivity contribution in [3.8, 4) is 0 Å². The quantitative estimate of drug-likeness (QED) is 0.529. The molecule has 0 amide bonds. The second kappa shape index (κ2) is 4.02. The maximum atomic E-state index is 2.46. The molecule has 2 atom stereocenters. The van der Waals surface area contributed by atoms with Gasteiger partial charge in [-0.3, -0.25) is 0 Å². The van der Waals surface area contributed by atoms with E-state index in [2.05, 4.69) is 13.8 Å². The van der Waals surface area contributed by atoms with Gasteiger partial charge in [-0.2, -0.15) is 0 Å². The molecular weight excluding hydrogens is 156 g/mol. The van der Waals surface area contributed by atoms with Crippen LogP contribution in [0.3, 0.4) is 0 Å². The summed E-state index contributed by atoms with van der Waals surface area (Å²) < 4.78 is 0. The van der Waals surface area contributed by atoms with Crippen LogP contribution in [0.2, 0.25) is 0 Å². The van der Waals surface area contributed by atoms with Crippen molar-refractivity contribution in [3.63, 3.8) is 0 Å². The monoisotopic (exact) mass is 180 g/mol. The smallest absolute Gasteiger partial charge is 0.0381 e. The molecule has 0 aromatic heterocycles. The Morgan fingerprint density at radius 2 is 1.23 bits per heavy atom. The SMILES string of the molecule is CC1CCC(C)CC(C2CCC2)C1. The third-order valence-electron chi connectivity index (χ3n) is 4.38. The van der Waals surface area contributed by atoms with Crippen LogP contribution in [0.15, 0.2) is 0 Å². The summed E-state index contributed by atoms with van der Waals surface area (Å²) in [5.74, 6) is 4.25. The van der Waals surface area contributed by atoms with E-state index < -0.39 is 0 Å². The van der Waals surface area contributed by atoms with E-state index >= 15 is 0 Å². The van der Waals surface area contributed by atoms with Crippen LogP contribution < -0.4 is 0 Å². The van der Waals surface area contributed by atoms with Crippen molar-refractivity contribution in [2.24, 2.45) is 23.7 Å². The summed E-state index contributed by atoms with van der Waals surface area (Å²) in [6.07, 6.45) is 10.7. The van der Waals surface area contributed by atoms with Crippen LogP contribution in [0.4, 0.5) is 0 Å². The summed E-state index contributed by atoms with van der Waals surface area (Å²) in [5, 5.41) is 0. The molecule has 0 heteroatoms. The lowest BCUT2D eigenvalue weighted by Gasteiger charge is -2.35. The van der Waals surface area contributed by atoms with Crippen molar-refractivity contribution in [1.29, 1.82) is 0 Å². The van der Waals surface area contributed by atoms with Gasteiger partial charge < -0.3 is 0 Å². The molecule has 0 bridgehead atoms. The number of hydrogen-bond acceptors (Lipinski definition) is 0. The van der Waals surface area contributed by atoms with Gasteiger partial charge in [-0.25, -0.2) is 0 Å². The van der Waals surface area contributed by atoms with Crippen LogP contribution in [0.5, 0.6) is 0 Å². The molecule has 2 aliphatic rings. The number of hydrogen-bond donors (Lipinski definition) is 0. The Bertz CT molecular complexity index is 145.